The molecule has 1 unspecified atom stereocenters. The second kappa shape index (κ2) is 7.15. The monoisotopic (exact) mass is 326 g/mol. The van der Waals surface area contributed by atoms with Gasteiger partial charge in [-0.1, -0.05) is 6.07 Å². The Morgan fingerprint density at radius 2 is 1.83 bits per heavy atom. The number of ether oxygens (including phenoxy) is 2. The molecule has 0 amide bonds. The SMILES string of the molecule is c1cncc(N2CCOC(c3cccc(N4CCOCC4)n3)C2)c1. The molecule has 6 nitrogen and oxygen atoms in total. The topological polar surface area (TPSA) is 50.7 Å². The molecular weight excluding hydrogens is 304 g/mol. The van der Waals surface area contributed by atoms with E-state index in [1.807, 2.05) is 12.3 Å². The quantitative estimate of drug-likeness (QED) is 0.858. The van der Waals surface area contributed by atoms with E-state index in [4.69, 9.17) is 14.5 Å². The zero-order valence-electron chi connectivity index (χ0n) is 13.7. The summed E-state index contributed by atoms with van der Waals surface area (Å²) in [4.78, 5) is 13.6. The second-order valence-corrected chi connectivity index (χ2v) is 6.04. The fourth-order valence-corrected chi connectivity index (χ4v) is 3.19. The van der Waals surface area contributed by atoms with Gasteiger partial charge >= 0.3 is 0 Å². The van der Waals surface area contributed by atoms with Crippen molar-refractivity contribution in [1.82, 2.24) is 9.97 Å². The normalized spacial score (nSPS) is 21.8. The van der Waals surface area contributed by atoms with E-state index >= 15 is 0 Å². The van der Waals surface area contributed by atoms with Gasteiger partial charge in [0, 0.05) is 25.8 Å². The highest BCUT2D eigenvalue weighted by Gasteiger charge is 2.24. The van der Waals surface area contributed by atoms with Crippen LogP contribution in [0.15, 0.2) is 42.7 Å². The molecule has 0 bridgehead atoms. The van der Waals surface area contributed by atoms with Crippen LogP contribution in [-0.4, -0.2) is 56.0 Å². The predicted molar refractivity (Wildman–Crippen MR) is 92.4 cm³/mol. The van der Waals surface area contributed by atoms with Crippen LogP contribution in [0.4, 0.5) is 11.5 Å². The third-order valence-electron chi connectivity index (χ3n) is 4.50. The fourth-order valence-electron chi connectivity index (χ4n) is 3.19. The lowest BCUT2D eigenvalue weighted by molar-refractivity contribution is 0.0370. The number of anilines is 2. The lowest BCUT2D eigenvalue weighted by Crippen LogP contribution is -2.39. The molecule has 6 heteroatoms. The minimum Gasteiger partial charge on any atom is -0.378 e. The van der Waals surface area contributed by atoms with Gasteiger partial charge < -0.3 is 19.3 Å². The minimum atomic E-state index is -0.0139. The first-order valence-corrected chi connectivity index (χ1v) is 8.46. The molecule has 4 heterocycles. The summed E-state index contributed by atoms with van der Waals surface area (Å²) in [6.07, 6.45) is 3.69. The molecule has 0 radical (unpaired) electrons. The number of nitrogens with zero attached hydrogens (tertiary/aromatic N) is 4. The van der Waals surface area contributed by atoms with Crippen molar-refractivity contribution in [3.63, 3.8) is 0 Å². The Balaban J connectivity index is 1.50. The Morgan fingerprint density at radius 3 is 2.67 bits per heavy atom. The van der Waals surface area contributed by atoms with E-state index in [-0.39, 0.29) is 6.10 Å². The molecule has 2 aliphatic heterocycles. The van der Waals surface area contributed by atoms with E-state index in [1.165, 1.54) is 0 Å². The number of aromatic nitrogens is 2. The maximum Gasteiger partial charge on any atom is 0.129 e. The van der Waals surface area contributed by atoms with Crippen LogP contribution in [0.1, 0.15) is 11.8 Å². The Kier molecular flexibility index (Phi) is 4.57. The van der Waals surface area contributed by atoms with Crippen LogP contribution in [0.2, 0.25) is 0 Å². The van der Waals surface area contributed by atoms with E-state index in [0.717, 1.165) is 56.6 Å². The van der Waals surface area contributed by atoms with Crippen molar-refractivity contribution in [1.29, 1.82) is 0 Å². The van der Waals surface area contributed by atoms with Gasteiger partial charge in [-0.3, -0.25) is 4.98 Å². The van der Waals surface area contributed by atoms with Crippen LogP contribution < -0.4 is 9.80 Å². The summed E-state index contributed by atoms with van der Waals surface area (Å²) >= 11 is 0. The molecule has 0 aliphatic carbocycles. The highest BCUT2D eigenvalue weighted by molar-refractivity contribution is 5.45. The maximum absolute atomic E-state index is 5.99. The smallest absolute Gasteiger partial charge is 0.129 e. The number of morpholine rings is 2. The summed E-state index contributed by atoms with van der Waals surface area (Å²) in [5, 5.41) is 0. The van der Waals surface area contributed by atoms with Crippen LogP contribution in [0, 0.1) is 0 Å². The van der Waals surface area contributed by atoms with Gasteiger partial charge in [-0.05, 0) is 24.3 Å². The van der Waals surface area contributed by atoms with Crippen LogP contribution in [0.25, 0.3) is 0 Å². The molecule has 2 aliphatic rings. The minimum absolute atomic E-state index is 0.0139. The molecule has 2 fully saturated rings. The highest BCUT2D eigenvalue weighted by Crippen LogP contribution is 2.26. The summed E-state index contributed by atoms with van der Waals surface area (Å²) < 4.78 is 11.4. The predicted octanol–water partition coefficient (Wildman–Crippen LogP) is 1.89. The molecule has 126 valence electrons. The van der Waals surface area contributed by atoms with Crippen LogP contribution in [0.5, 0.6) is 0 Å². The van der Waals surface area contributed by atoms with Crippen molar-refractivity contribution in [3.05, 3.63) is 48.4 Å². The molecule has 24 heavy (non-hydrogen) atoms. The first-order valence-electron chi connectivity index (χ1n) is 8.46. The third-order valence-corrected chi connectivity index (χ3v) is 4.50. The second-order valence-electron chi connectivity index (χ2n) is 6.04. The number of rotatable bonds is 3. The fraction of sp³-hybridized carbons (Fsp3) is 0.444. The van der Waals surface area contributed by atoms with E-state index < -0.39 is 0 Å². The van der Waals surface area contributed by atoms with Crippen molar-refractivity contribution in [2.45, 2.75) is 6.10 Å². The molecule has 1 atom stereocenters. The number of pyridine rings is 2. The lowest BCUT2D eigenvalue weighted by Gasteiger charge is -2.34. The Labute approximate surface area is 142 Å². The van der Waals surface area contributed by atoms with Gasteiger partial charge in [0.15, 0.2) is 0 Å². The summed E-state index contributed by atoms with van der Waals surface area (Å²) in [6, 6.07) is 10.3. The highest BCUT2D eigenvalue weighted by atomic mass is 16.5. The van der Waals surface area contributed by atoms with E-state index in [9.17, 15) is 0 Å². The summed E-state index contributed by atoms with van der Waals surface area (Å²) in [7, 11) is 0. The molecule has 2 aromatic heterocycles. The average Bonchev–Trinajstić information content (AvgIpc) is 2.70. The van der Waals surface area contributed by atoms with Gasteiger partial charge in [-0.15, -0.1) is 0 Å². The third kappa shape index (κ3) is 3.34. The van der Waals surface area contributed by atoms with Gasteiger partial charge in [0.25, 0.3) is 0 Å². The Morgan fingerprint density at radius 1 is 0.958 bits per heavy atom. The van der Waals surface area contributed by atoms with Gasteiger partial charge in [0.2, 0.25) is 0 Å². The number of hydrogen-bond acceptors (Lipinski definition) is 6. The van der Waals surface area contributed by atoms with E-state index in [0.29, 0.717) is 6.61 Å². The van der Waals surface area contributed by atoms with Crippen molar-refractivity contribution < 1.29 is 9.47 Å². The van der Waals surface area contributed by atoms with Crippen LogP contribution in [-0.2, 0) is 9.47 Å². The molecule has 2 aromatic rings. The average molecular weight is 326 g/mol. The molecule has 0 aromatic carbocycles. The molecule has 4 rings (SSSR count). The lowest BCUT2D eigenvalue weighted by atomic mass is 10.1. The van der Waals surface area contributed by atoms with Gasteiger partial charge in [0.05, 0.1) is 43.9 Å². The van der Waals surface area contributed by atoms with Gasteiger partial charge in [-0.2, -0.15) is 0 Å². The first-order chi connectivity index (χ1) is 11.9. The molecule has 0 saturated carbocycles. The van der Waals surface area contributed by atoms with Crippen molar-refractivity contribution >= 4 is 11.5 Å². The Bertz CT molecular complexity index is 661. The van der Waals surface area contributed by atoms with Gasteiger partial charge in [0.1, 0.15) is 11.9 Å². The first kappa shape index (κ1) is 15.4. The standard InChI is InChI=1S/C18H22N4O2/c1-4-16(20-18(5-1)21-7-10-23-11-8-21)17-14-22(9-12-24-17)15-3-2-6-19-13-15/h1-6,13,17H,7-12,14H2. The molecule has 2 saturated heterocycles. The zero-order valence-corrected chi connectivity index (χ0v) is 13.7. The molecule has 0 N–H and O–H groups in total. The molecular formula is C18H22N4O2. The van der Waals surface area contributed by atoms with Crippen molar-refractivity contribution in [3.8, 4) is 0 Å². The maximum atomic E-state index is 5.99. The Hall–Kier alpha value is -2.18. The van der Waals surface area contributed by atoms with E-state index in [1.54, 1.807) is 6.20 Å². The van der Waals surface area contributed by atoms with Crippen molar-refractivity contribution in [2.24, 2.45) is 0 Å². The van der Waals surface area contributed by atoms with Crippen LogP contribution >= 0.6 is 0 Å². The van der Waals surface area contributed by atoms with Crippen molar-refractivity contribution in [2.75, 3.05) is 55.8 Å². The van der Waals surface area contributed by atoms with E-state index in [2.05, 4.69) is 39.0 Å². The largest absolute Gasteiger partial charge is 0.378 e. The zero-order chi connectivity index (χ0) is 16.2. The van der Waals surface area contributed by atoms with Crippen LogP contribution in [0.3, 0.4) is 0 Å². The summed E-state index contributed by atoms with van der Waals surface area (Å²) in [5.74, 6) is 1.01. The summed E-state index contributed by atoms with van der Waals surface area (Å²) in [5.41, 5.74) is 2.13. The van der Waals surface area contributed by atoms with Gasteiger partial charge in [-0.25, -0.2) is 4.98 Å². The number of hydrogen-bond donors (Lipinski definition) is 0. The summed E-state index contributed by atoms with van der Waals surface area (Å²) in [6.45, 7) is 5.69. The molecule has 0 spiro atoms.